The van der Waals surface area contributed by atoms with Crippen molar-refractivity contribution >= 4 is 23.2 Å². The molecule has 5 nitrogen and oxygen atoms in total. The van der Waals surface area contributed by atoms with Gasteiger partial charge in [-0.3, -0.25) is 0 Å². The fourth-order valence-electron chi connectivity index (χ4n) is 1.94. The summed E-state index contributed by atoms with van der Waals surface area (Å²) in [6, 6.07) is 0. The number of aromatic nitrogens is 2. The minimum atomic E-state index is 0.163. The van der Waals surface area contributed by atoms with Gasteiger partial charge in [0.1, 0.15) is 17.2 Å². The zero-order valence-electron chi connectivity index (χ0n) is 9.35. The predicted molar refractivity (Wildman–Crippen MR) is 63.7 cm³/mol. The number of nitrogen functional groups attached to an aromatic ring is 1. The summed E-state index contributed by atoms with van der Waals surface area (Å²) in [5.74, 6) is 1.01. The zero-order valence-corrected chi connectivity index (χ0v) is 10.1. The van der Waals surface area contributed by atoms with Gasteiger partial charge in [0, 0.05) is 13.1 Å². The lowest BCUT2D eigenvalue weighted by Crippen LogP contribution is -2.46. The van der Waals surface area contributed by atoms with E-state index >= 15 is 0 Å². The van der Waals surface area contributed by atoms with Crippen LogP contribution in [0.3, 0.4) is 0 Å². The second-order valence-electron chi connectivity index (χ2n) is 4.06. The molecule has 0 aliphatic carbocycles. The maximum absolute atomic E-state index is 6.09. The van der Waals surface area contributed by atoms with E-state index < -0.39 is 0 Å². The van der Waals surface area contributed by atoms with Crippen LogP contribution < -0.4 is 10.6 Å². The summed E-state index contributed by atoms with van der Waals surface area (Å²) in [5, 5.41) is 0.420. The lowest BCUT2D eigenvalue weighted by Gasteiger charge is -2.36. The normalized spacial score (nSPS) is 25.8. The van der Waals surface area contributed by atoms with Crippen LogP contribution in [0.25, 0.3) is 0 Å². The third-order valence-electron chi connectivity index (χ3n) is 2.52. The van der Waals surface area contributed by atoms with E-state index in [1.165, 1.54) is 6.33 Å². The molecule has 0 saturated carbocycles. The van der Waals surface area contributed by atoms with Crippen molar-refractivity contribution in [3.8, 4) is 0 Å². The van der Waals surface area contributed by atoms with Gasteiger partial charge < -0.3 is 15.4 Å². The molecular weight excluding hydrogens is 228 g/mol. The van der Waals surface area contributed by atoms with Gasteiger partial charge in [-0.25, -0.2) is 9.97 Å². The second-order valence-corrected chi connectivity index (χ2v) is 4.44. The van der Waals surface area contributed by atoms with Gasteiger partial charge in [0.25, 0.3) is 0 Å². The average molecular weight is 243 g/mol. The number of rotatable bonds is 1. The van der Waals surface area contributed by atoms with Crippen LogP contribution in [0.5, 0.6) is 0 Å². The van der Waals surface area contributed by atoms with E-state index in [2.05, 4.69) is 14.9 Å². The molecule has 0 amide bonds. The van der Waals surface area contributed by atoms with Crippen LogP contribution in [0.1, 0.15) is 13.8 Å². The average Bonchev–Trinajstić information content (AvgIpc) is 2.20. The Labute approximate surface area is 99.6 Å². The Bertz CT molecular complexity index is 377. The Balaban J connectivity index is 2.26. The van der Waals surface area contributed by atoms with Gasteiger partial charge in [-0.2, -0.15) is 0 Å². The van der Waals surface area contributed by atoms with Crippen molar-refractivity contribution in [2.45, 2.75) is 26.1 Å². The second kappa shape index (κ2) is 4.43. The molecule has 1 aliphatic rings. The molecule has 2 atom stereocenters. The summed E-state index contributed by atoms with van der Waals surface area (Å²) >= 11 is 6.09. The molecule has 1 saturated heterocycles. The number of ether oxygens (including phenoxy) is 1. The molecule has 1 aromatic heterocycles. The first-order chi connectivity index (χ1) is 7.58. The summed E-state index contributed by atoms with van der Waals surface area (Å²) < 4.78 is 5.65. The van der Waals surface area contributed by atoms with Crippen LogP contribution in [0, 0.1) is 0 Å². The van der Waals surface area contributed by atoms with Crippen molar-refractivity contribution in [1.29, 1.82) is 0 Å². The van der Waals surface area contributed by atoms with Crippen molar-refractivity contribution in [1.82, 2.24) is 9.97 Å². The van der Waals surface area contributed by atoms with Gasteiger partial charge in [-0.1, -0.05) is 11.6 Å². The quantitative estimate of drug-likeness (QED) is 0.805. The predicted octanol–water partition coefficient (Wildman–Crippen LogP) is 1.33. The first kappa shape index (κ1) is 11.4. The number of nitrogens with two attached hydrogens (primary N) is 1. The first-order valence-electron chi connectivity index (χ1n) is 5.24. The molecule has 0 radical (unpaired) electrons. The lowest BCUT2D eigenvalue weighted by atomic mass is 10.2. The summed E-state index contributed by atoms with van der Waals surface area (Å²) in [4.78, 5) is 10.1. The number of hydrogen-bond acceptors (Lipinski definition) is 5. The Hall–Kier alpha value is -1.07. The van der Waals surface area contributed by atoms with Crippen LogP contribution in [0.2, 0.25) is 5.02 Å². The molecule has 1 aromatic rings. The molecule has 1 aliphatic heterocycles. The van der Waals surface area contributed by atoms with Crippen LogP contribution in [0.15, 0.2) is 6.33 Å². The van der Waals surface area contributed by atoms with Crippen molar-refractivity contribution in [2.24, 2.45) is 0 Å². The van der Waals surface area contributed by atoms with E-state index in [1.54, 1.807) is 0 Å². The van der Waals surface area contributed by atoms with E-state index in [-0.39, 0.29) is 12.2 Å². The number of halogens is 1. The fourth-order valence-corrected chi connectivity index (χ4v) is 2.16. The summed E-state index contributed by atoms with van der Waals surface area (Å²) in [6.45, 7) is 5.59. The molecule has 2 heterocycles. The Morgan fingerprint density at radius 2 is 2.00 bits per heavy atom. The topological polar surface area (TPSA) is 64.3 Å². The van der Waals surface area contributed by atoms with Gasteiger partial charge in [-0.15, -0.1) is 0 Å². The monoisotopic (exact) mass is 242 g/mol. The molecule has 16 heavy (non-hydrogen) atoms. The highest BCUT2D eigenvalue weighted by atomic mass is 35.5. The third kappa shape index (κ3) is 2.20. The first-order valence-corrected chi connectivity index (χ1v) is 5.62. The van der Waals surface area contributed by atoms with E-state index in [0.29, 0.717) is 16.7 Å². The number of hydrogen-bond donors (Lipinski definition) is 1. The smallest absolute Gasteiger partial charge is 0.153 e. The minimum absolute atomic E-state index is 0.163. The molecule has 0 aromatic carbocycles. The molecule has 0 spiro atoms. The Morgan fingerprint density at radius 3 is 2.62 bits per heavy atom. The molecule has 6 heteroatoms. The highest BCUT2D eigenvalue weighted by Gasteiger charge is 2.25. The van der Waals surface area contributed by atoms with Gasteiger partial charge in [0.15, 0.2) is 5.82 Å². The van der Waals surface area contributed by atoms with E-state index in [9.17, 15) is 0 Å². The van der Waals surface area contributed by atoms with Gasteiger partial charge in [0.2, 0.25) is 0 Å². The molecule has 88 valence electrons. The van der Waals surface area contributed by atoms with Crippen LogP contribution in [-0.2, 0) is 4.74 Å². The van der Waals surface area contributed by atoms with Crippen molar-refractivity contribution in [2.75, 3.05) is 23.7 Å². The van der Waals surface area contributed by atoms with Crippen LogP contribution in [0.4, 0.5) is 11.6 Å². The van der Waals surface area contributed by atoms with Crippen LogP contribution in [-0.4, -0.2) is 35.3 Å². The standard InChI is InChI=1S/C10H15ClN4O/c1-6-3-15(4-7(2)16-6)10-8(11)9(12)13-5-14-10/h5-7H,3-4H2,1-2H3,(H2,12,13,14)/t6-,7+. The Morgan fingerprint density at radius 1 is 1.38 bits per heavy atom. The highest BCUT2D eigenvalue weighted by molar-refractivity contribution is 6.35. The largest absolute Gasteiger partial charge is 0.382 e. The lowest BCUT2D eigenvalue weighted by molar-refractivity contribution is -0.00545. The van der Waals surface area contributed by atoms with Gasteiger partial charge >= 0.3 is 0 Å². The maximum Gasteiger partial charge on any atom is 0.153 e. The van der Waals surface area contributed by atoms with Crippen molar-refractivity contribution < 1.29 is 4.74 Å². The van der Waals surface area contributed by atoms with Crippen molar-refractivity contribution in [3.05, 3.63) is 11.3 Å². The number of morpholine rings is 1. The van der Waals surface area contributed by atoms with Crippen molar-refractivity contribution in [3.63, 3.8) is 0 Å². The maximum atomic E-state index is 6.09. The molecule has 0 unspecified atom stereocenters. The fraction of sp³-hybridized carbons (Fsp3) is 0.600. The van der Waals surface area contributed by atoms with E-state index in [0.717, 1.165) is 13.1 Å². The molecule has 0 bridgehead atoms. The SMILES string of the molecule is C[C@@H]1CN(c2ncnc(N)c2Cl)C[C@H](C)O1. The highest BCUT2D eigenvalue weighted by Crippen LogP contribution is 2.28. The number of anilines is 2. The Kier molecular flexibility index (Phi) is 3.16. The van der Waals surface area contributed by atoms with Gasteiger partial charge in [-0.05, 0) is 13.8 Å². The molecular formula is C10H15ClN4O. The summed E-state index contributed by atoms with van der Waals surface area (Å²) in [6.07, 6.45) is 1.76. The van der Waals surface area contributed by atoms with Gasteiger partial charge in [0.05, 0.1) is 12.2 Å². The zero-order chi connectivity index (χ0) is 11.7. The van der Waals surface area contributed by atoms with Crippen LogP contribution >= 0.6 is 11.6 Å². The molecule has 2 N–H and O–H groups in total. The third-order valence-corrected chi connectivity index (χ3v) is 2.88. The van der Waals surface area contributed by atoms with E-state index in [4.69, 9.17) is 22.1 Å². The molecule has 1 fully saturated rings. The van der Waals surface area contributed by atoms with E-state index in [1.807, 2.05) is 13.8 Å². The molecule has 2 rings (SSSR count). The minimum Gasteiger partial charge on any atom is -0.382 e. The summed E-state index contributed by atoms with van der Waals surface area (Å²) in [7, 11) is 0. The number of nitrogens with zero attached hydrogens (tertiary/aromatic N) is 3. The summed E-state index contributed by atoms with van der Waals surface area (Å²) in [5.41, 5.74) is 5.66.